The van der Waals surface area contributed by atoms with Crippen LogP contribution in [0, 0.1) is 12.8 Å². The van der Waals surface area contributed by atoms with E-state index in [4.69, 9.17) is 0 Å². The second-order valence-electron chi connectivity index (χ2n) is 7.10. The lowest BCUT2D eigenvalue weighted by molar-refractivity contribution is -0.150. The highest BCUT2D eigenvalue weighted by molar-refractivity contribution is 5.89. The minimum absolute atomic E-state index is 0.0209. The summed E-state index contributed by atoms with van der Waals surface area (Å²) in [6, 6.07) is 5.73. The summed E-state index contributed by atoms with van der Waals surface area (Å²) in [5, 5.41) is 10.5. The second-order valence-corrected chi connectivity index (χ2v) is 7.10. The molecule has 1 aliphatic carbocycles. The lowest BCUT2D eigenvalue weighted by Gasteiger charge is -2.29. The van der Waals surface area contributed by atoms with Crippen molar-refractivity contribution in [2.75, 3.05) is 6.54 Å². The maximum atomic E-state index is 12.9. The van der Waals surface area contributed by atoms with E-state index in [0.717, 1.165) is 24.8 Å². The van der Waals surface area contributed by atoms with Crippen molar-refractivity contribution >= 4 is 22.8 Å². The van der Waals surface area contributed by atoms with Gasteiger partial charge in [0.05, 0.1) is 0 Å². The summed E-state index contributed by atoms with van der Waals surface area (Å²) in [5.74, 6) is -0.954. The van der Waals surface area contributed by atoms with Gasteiger partial charge in [0.15, 0.2) is 0 Å². The van der Waals surface area contributed by atoms with E-state index in [1.54, 1.807) is 4.90 Å². The average molecular weight is 326 g/mol. The average Bonchev–Trinajstić information content (AvgIpc) is 3.18. The molecule has 0 saturated carbocycles. The number of hydrogen-bond donors (Lipinski definition) is 2. The number of hydrogen-bond acceptors (Lipinski definition) is 2. The molecule has 5 heteroatoms. The minimum atomic E-state index is -0.875. The zero-order chi connectivity index (χ0) is 16.8. The summed E-state index contributed by atoms with van der Waals surface area (Å²) in [5.41, 5.74) is 4.81. The van der Waals surface area contributed by atoms with E-state index >= 15 is 0 Å². The van der Waals surface area contributed by atoms with E-state index in [2.05, 4.69) is 30.1 Å². The van der Waals surface area contributed by atoms with Crippen LogP contribution in [0.2, 0.25) is 0 Å². The highest BCUT2D eigenvalue weighted by Gasteiger charge is 2.38. The van der Waals surface area contributed by atoms with Gasteiger partial charge in [-0.1, -0.05) is 11.6 Å². The number of aromatic nitrogens is 1. The van der Waals surface area contributed by atoms with Crippen LogP contribution in [0.3, 0.4) is 0 Å². The summed E-state index contributed by atoms with van der Waals surface area (Å²) >= 11 is 0. The largest absolute Gasteiger partial charge is 0.480 e. The molecule has 1 amide bonds. The number of amides is 1. The fourth-order valence-electron chi connectivity index (χ4n) is 4.26. The Morgan fingerprint density at radius 1 is 1.29 bits per heavy atom. The maximum Gasteiger partial charge on any atom is 0.326 e. The Bertz CT molecular complexity index is 823. The number of aromatic amines is 1. The number of benzene rings is 1. The van der Waals surface area contributed by atoms with Crippen molar-refractivity contribution in [3.8, 4) is 0 Å². The van der Waals surface area contributed by atoms with Crippen LogP contribution < -0.4 is 0 Å². The van der Waals surface area contributed by atoms with Crippen LogP contribution in [0.1, 0.15) is 36.1 Å². The second kappa shape index (κ2) is 5.65. The van der Waals surface area contributed by atoms with Gasteiger partial charge >= 0.3 is 5.97 Å². The fraction of sp³-hybridized carbons (Fsp3) is 0.474. The number of carboxylic acids is 1. The topological polar surface area (TPSA) is 73.4 Å². The van der Waals surface area contributed by atoms with E-state index in [9.17, 15) is 14.7 Å². The Hall–Kier alpha value is -2.30. The monoisotopic (exact) mass is 326 g/mol. The van der Waals surface area contributed by atoms with Gasteiger partial charge in [-0.05, 0) is 56.7 Å². The number of aliphatic carboxylic acids is 1. The van der Waals surface area contributed by atoms with Gasteiger partial charge in [-0.3, -0.25) is 4.79 Å². The Labute approximate surface area is 140 Å². The smallest absolute Gasteiger partial charge is 0.326 e. The van der Waals surface area contributed by atoms with Gasteiger partial charge in [0.25, 0.3) is 0 Å². The molecule has 5 nitrogen and oxygen atoms in total. The summed E-state index contributed by atoms with van der Waals surface area (Å²) in [6.45, 7) is 2.65. The molecule has 0 spiro atoms. The number of rotatable bonds is 2. The van der Waals surface area contributed by atoms with Crippen molar-refractivity contribution in [1.82, 2.24) is 9.88 Å². The normalized spacial score (nSPS) is 23.5. The molecule has 4 rings (SSSR count). The predicted molar refractivity (Wildman–Crippen MR) is 90.9 cm³/mol. The van der Waals surface area contributed by atoms with Crippen LogP contribution >= 0.6 is 0 Å². The Morgan fingerprint density at radius 3 is 2.92 bits per heavy atom. The fourth-order valence-corrected chi connectivity index (χ4v) is 4.26. The molecular formula is C19H22N2O3. The lowest BCUT2D eigenvalue weighted by atomic mass is 9.85. The molecule has 2 unspecified atom stereocenters. The summed E-state index contributed by atoms with van der Waals surface area (Å²) in [4.78, 5) is 29.3. The number of fused-ring (bicyclic) bond motifs is 3. The molecule has 1 aliphatic heterocycles. The number of likely N-dealkylation sites (tertiary alicyclic amines) is 1. The maximum absolute atomic E-state index is 12.9. The predicted octanol–water partition coefficient (Wildman–Crippen LogP) is 2.66. The van der Waals surface area contributed by atoms with Crippen LogP contribution in [-0.2, 0) is 22.4 Å². The molecule has 2 atom stereocenters. The van der Waals surface area contributed by atoms with E-state index in [1.165, 1.54) is 22.2 Å². The zero-order valence-corrected chi connectivity index (χ0v) is 13.8. The molecule has 2 aromatic rings. The first kappa shape index (κ1) is 15.2. The van der Waals surface area contributed by atoms with Crippen molar-refractivity contribution < 1.29 is 14.7 Å². The van der Waals surface area contributed by atoms with Gasteiger partial charge in [0.2, 0.25) is 5.91 Å². The molecule has 1 saturated heterocycles. The van der Waals surface area contributed by atoms with Crippen LogP contribution in [-0.4, -0.2) is 39.5 Å². The summed E-state index contributed by atoms with van der Waals surface area (Å²) in [7, 11) is 0. The molecule has 2 aliphatic rings. The number of carboxylic acid groups (broad SMARTS) is 1. The van der Waals surface area contributed by atoms with Gasteiger partial charge < -0.3 is 15.0 Å². The van der Waals surface area contributed by atoms with Crippen molar-refractivity contribution in [3.63, 3.8) is 0 Å². The van der Waals surface area contributed by atoms with Gasteiger partial charge in [-0.2, -0.15) is 0 Å². The van der Waals surface area contributed by atoms with E-state index in [1.807, 2.05) is 0 Å². The van der Waals surface area contributed by atoms with Crippen molar-refractivity contribution in [2.45, 2.75) is 45.1 Å². The number of nitrogens with one attached hydrogen (secondary N) is 1. The third kappa shape index (κ3) is 2.39. The molecule has 0 bridgehead atoms. The van der Waals surface area contributed by atoms with E-state index < -0.39 is 12.0 Å². The first-order valence-corrected chi connectivity index (χ1v) is 8.68. The van der Waals surface area contributed by atoms with Crippen LogP contribution in [0.4, 0.5) is 0 Å². The van der Waals surface area contributed by atoms with Crippen LogP contribution in [0.25, 0.3) is 10.9 Å². The van der Waals surface area contributed by atoms with Crippen molar-refractivity contribution in [1.29, 1.82) is 0 Å². The number of nitrogens with zero attached hydrogens (tertiary/aromatic N) is 1. The molecule has 1 aromatic carbocycles. The van der Waals surface area contributed by atoms with Gasteiger partial charge in [-0.25, -0.2) is 4.79 Å². The molecular weight excluding hydrogens is 304 g/mol. The SMILES string of the molecule is Cc1ccc2[nH]c3c(c2c1)CC(C(=O)N1CCCC1C(=O)O)CC3. The van der Waals surface area contributed by atoms with Crippen molar-refractivity contribution in [2.24, 2.45) is 5.92 Å². The highest BCUT2D eigenvalue weighted by atomic mass is 16.4. The Morgan fingerprint density at radius 2 is 2.12 bits per heavy atom. The third-order valence-corrected chi connectivity index (χ3v) is 5.51. The summed E-state index contributed by atoms with van der Waals surface area (Å²) < 4.78 is 0. The summed E-state index contributed by atoms with van der Waals surface area (Å²) in [6.07, 6.45) is 3.71. The van der Waals surface area contributed by atoms with E-state index in [-0.39, 0.29) is 11.8 Å². The lowest BCUT2D eigenvalue weighted by Crippen LogP contribution is -2.44. The molecule has 24 heavy (non-hydrogen) atoms. The highest BCUT2D eigenvalue weighted by Crippen LogP contribution is 2.34. The van der Waals surface area contributed by atoms with Crippen LogP contribution in [0.5, 0.6) is 0 Å². The van der Waals surface area contributed by atoms with Gasteiger partial charge in [0.1, 0.15) is 6.04 Å². The number of aryl methyl sites for hydroxylation is 2. The zero-order valence-electron chi connectivity index (χ0n) is 13.8. The van der Waals surface area contributed by atoms with Crippen LogP contribution in [0.15, 0.2) is 18.2 Å². The molecule has 2 heterocycles. The number of carbonyl (C=O) groups is 2. The third-order valence-electron chi connectivity index (χ3n) is 5.51. The standard InChI is InChI=1S/C19H22N2O3/c1-11-4-6-15-13(9-11)14-10-12(5-7-16(14)20-15)18(22)21-8-2-3-17(21)19(23)24/h4,6,9,12,17,20H,2-3,5,7-8,10H2,1H3,(H,23,24). The van der Waals surface area contributed by atoms with Crippen molar-refractivity contribution in [3.05, 3.63) is 35.0 Å². The molecule has 1 fully saturated rings. The quantitative estimate of drug-likeness (QED) is 0.891. The molecule has 1 aromatic heterocycles. The molecule has 2 N–H and O–H groups in total. The first-order chi connectivity index (χ1) is 11.5. The minimum Gasteiger partial charge on any atom is -0.480 e. The Balaban J connectivity index is 1.62. The Kier molecular flexibility index (Phi) is 3.59. The van der Waals surface area contributed by atoms with Gasteiger partial charge in [0, 0.05) is 29.1 Å². The van der Waals surface area contributed by atoms with E-state index in [0.29, 0.717) is 19.4 Å². The van der Waals surface area contributed by atoms with Gasteiger partial charge in [-0.15, -0.1) is 0 Å². The number of H-pyrrole nitrogens is 1. The molecule has 126 valence electrons. The first-order valence-electron chi connectivity index (χ1n) is 8.68. The molecule has 0 radical (unpaired) electrons. The number of carbonyl (C=O) groups excluding carboxylic acids is 1.